The fourth-order valence-electron chi connectivity index (χ4n) is 5.30. The number of piperidine rings is 1. The molecule has 3 aliphatic rings. The van der Waals surface area contributed by atoms with Gasteiger partial charge in [-0.05, 0) is 68.8 Å². The highest BCUT2D eigenvalue weighted by Gasteiger charge is 2.52. The summed E-state index contributed by atoms with van der Waals surface area (Å²) in [5.74, 6) is 1.35. The van der Waals surface area contributed by atoms with Crippen LogP contribution in [0.5, 0.6) is 5.75 Å². The maximum atomic E-state index is 10.2. The summed E-state index contributed by atoms with van der Waals surface area (Å²) in [7, 11) is 2.30. The molecule has 2 bridgehead atoms. The zero-order valence-electron chi connectivity index (χ0n) is 11.7. The van der Waals surface area contributed by atoms with Gasteiger partial charge in [-0.1, -0.05) is 18.6 Å². The normalized spacial score (nSPS) is 37.5. The van der Waals surface area contributed by atoms with Crippen molar-refractivity contribution >= 4 is 0 Å². The van der Waals surface area contributed by atoms with E-state index in [1.807, 2.05) is 12.1 Å². The van der Waals surface area contributed by atoms with Crippen molar-refractivity contribution in [3.63, 3.8) is 0 Å². The van der Waals surface area contributed by atoms with Crippen LogP contribution in [-0.2, 0) is 11.8 Å². The van der Waals surface area contributed by atoms with Crippen molar-refractivity contribution in [1.29, 1.82) is 0 Å². The summed E-state index contributed by atoms with van der Waals surface area (Å²) in [6.45, 7) is 1.22. The van der Waals surface area contributed by atoms with Gasteiger partial charge in [0.05, 0.1) is 0 Å². The number of hydrogen-bond donors (Lipinski definition) is 1. The van der Waals surface area contributed by atoms with Crippen molar-refractivity contribution in [3.05, 3.63) is 29.3 Å². The quantitative estimate of drug-likeness (QED) is 0.772. The molecule has 1 aromatic carbocycles. The summed E-state index contributed by atoms with van der Waals surface area (Å²) in [5, 5.41) is 10.2. The molecule has 2 nitrogen and oxygen atoms in total. The number of hydrogen-bond acceptors (Lipinski definition) is 2. The predicted octanol–water partition coefficient (Wildman–Crippen LogP) is 3.08. The van der Waals surface area contributed by atoms with Crippen molar-refractivity contribution < 1.29 is 5.11 Å². The molecule has 1 N–H and O–H groups in total. The minimum Gasteiger partial charge on any atom is -0.508 e. The van der Waals surface area contributed by atoms with Crippen LogP contribution in [0.15, 0.2) is 18.2 Å². The summed E-state index contributed by atoms with van der Waals surface area (Å²) in [5.41, 5.74) is 3.12. The Balaban J connectivity index is 1.88. The summed E-state index contributed by atoms with van der Waals surface area (Å²) in [4.78, 5) is 2.59. The molecule has 0 unspecified atom stereocenters. The van der Waals surface area contributed by atoms with Gasteiger partial charge in [0.15, 0.2) is 0 Å². The largest absolute Gasteiger partial charge is 0.508 e. The first-order valence-corrected chi connectivity index (χ1v) is 7.74. The van der Waals surface area contributed by atoms with Gasteiger partial charge < -0.3 is 10.0 Å². The molecule has 2 aliphatic carbocycles. The Morgan fingerprint density at radius 2 is 2.16 bits per heavy atom. The first kappa shape index (κ1) is 11.8. The Labute approximate surface area is 115 Å². The molecule has 19 heavy (non-hydrogen) atoms. The summed E-state index contributed by atoms with van der Waals surface area (Å²) in [6, 6.07) is 6.99. The number of fused-ring (bicyclic) bond motifs is 1. The van der Waals surface area contributed by atoms with E-state index in [9.17, 15) is 5.11 Å². The smallest absolute Gasteiger partial charge is 0.119 e. The van der Waals surface area contributed by atoms with E-state index in [-0.39, 0.29) is 0 Å². The minimum atomic E-state index is 0.377. The van der Waals surface area contributed by atoms with Gasteiger partial charge in [-0.3, -0.25) is 0 Å². The van der Waals surface area contributed by atoms with Crippen LogP contribution in [0, 0.1) is 5.92 Å². The molecule has 1 saturated carbocycles. The second-order valence-electron chi connectivity index (χ2n) is 6.79. The molecule has 3 atom stereocenters. The number of phenolic OH excluding ortho intramolecular Hbond substituents is 1. The monoisotopic (exact) mass is 257 g/mol. The first-order valence-electron chi connectivity index (χ1n) is 7.74. The van der Waals surface area contributed by atoms with E-state index >= 15 is 0 Å². The van der Waals surface area contributed by atoms with Crippen LogP contribution in [0.2, 0.25) is 0 Å². The zero-order chi connectivity index (χ0) is 13.0. The van der Waals surface area contributed by atoms with E-state index in [1.165, 1.54) is 49.8 Å². The van der Waals surface area contributed by atoms with Crippen molar-refractivity contribution in [2.24, 2.45) is 5.92 Å². The van der Waals surface area contributed by atoms with Crippen LogP contribution in [-0.4, -0.2) is 29.6 Å². The van der Waals surface area contributed by atoms with Gasteiger partial charge in [-0.15, -0.1) is 0 Å². The molecule has 1 aliphatic heterocycles. The first-order chi connectivity index (χ1) is 9.22. The average Bonchev–Trinajstić information content (AvgIpc) is 2.43. The molecule has 1 heterocycles. The fraction of sp³-hybridized carbons (Fsp3) is 0.647. The molecule has 4 rings (SSSR count). The van der Waals surface area contributed by atoms with Gasteiger partial charge in [-0.25, -0.2) is 0 Å². The molecule has 1 aromatic rings. The number of phenols is 1. The molecule has 0 aromatic heterocycles. The zero-order valence-corrected chi connectivity index (χ0v) is 11.7. The van der Waals surface area contributed by atoms with E-state index in [0.717, 1.165) is 18.4 Å². The van der Waals surface area contributed by atoms with Crippen LogP contribution in [0.3, 0.4) is 0 Å². The van der Waals surface area contributed by atoms with E-state index in [0.29, 0.717) is 11.2 Å². The second kappa shape index (κ2) is 3.99. The Morgan fingerprint density at radius 3 is 3.05 bits per heavy atom. The predicted molar refractivity (Wildman–Crippen MR) is 76.5 cm³/mol. The molecular formula is C17H23NO. The van der Waals surface area contributed by atoms with Crippen LogP contribution < -0.4 is 0 Å². The topological polar surface area (TPSA) is 23.5 Å². The van der Waals surface area contributed by atoms with Crippen molar-refractivity contribution in [3.8, 4) is 5.75 Å². The highest BCUT2D eigenvalue weighted by Crippen LogP contribution is 2.56. The summed E-state index contributed by atoms with van der Waals surface area (Å²) >= 11 is 0. The standard InChI is InChI=1S/C17H23NO/c1-18-11-10-17-9-3-5-15(18)14(17)8-7-12-13(17)4-2-6-16(12)19/h2,4,6,14-15,19H,3,5,7-11H2,1H3/t14-,15+,17+/m1/s1. The Hall–Kier alpha value is -1.02. The molecule has 0 radical (unpaired) electrons. The summed E-state index contributed by atoms with van der Waals surface area (Å²) < 4.78 is 0. The Morgan fingerprint density at radius 1 is 1.26 bits per heavy atom. The number of aromatic hydroxyl groups is 1. The molecule has 0 spiro atoms. The van der Waals surface area contributed by atoms with Crippen LogP contribution in [0.25, 0.3) is 0 Å². The highest BCUT2D eigenvalue weighted by atomic mass is 16.3. The lowest BCUT2D eigenvalue weighted by Gasteiger charge is -2.58. The van der Waals surface area contributed by atoms with E-state index in [2.05, 4.69) is 18.0 Å². The molecular weight excluding hydrogens is 234 g/mol. The van der Waals surface area contributed by atoms with Gasteiger partial charge in [-0.2, -0.15) is 0 Å². The van der Waals surface area contributed by atoms with Gasteiger partial charge in [0.1, 0.15) is 5.75 Å². The third-order valence-electron chi connectivity index (χ3n) is 6.17. The SMILES string of the molecule is CN1CC[C@]23CCC[C@H]1[C@H]2CCc1c(O)cccc13. The molecule has 0 amide bonds. The van der Waals surface area contributed by atoms with E-state index < -0.39 is 0 Å². The number of nitrogens with zero attached hydrogens (tertiary/aromatic N) is 1. The number of rotatable bonds is 0. The van der Waals surface area contributed by atoms with Crippen molar-refractivity contribution in [2.75, 3.05) is 13.6 Å². The van der Waals surface area contributed by atoms with Crippen molar-refractivity contribution in [2.45, 2.75) is 50.0 Å². The van der Waals surface area contributed by atoms with Gasteiger partial charge in [0, 0.05) is 11.5 Å². The van der Waals surface area contributed by atoms with Gasteiger partial charge in [0.25, 0.3) is 0 Å². The molecule has 102 valence electrons. The van der Waals surface area contributed by atoms with E-state index in [1.54, 1.807) is 0 Å². The fourth-order valence-corrected chi connectivity index (χ4v) is 5.30. The lowest BCUT2D eigenvalue weighted by atomic mass is 9.52. The Bertz CT molecular complexity index is 512. The van der Waals surface area contributed by atoms with E-state index in [4.69, 9.17) is 0 Å². The lowest BCUT2D eigenvalue weighted by molar-refractivity contribution is -0.00779. The van der Waals surface area contributed by atoms with Crippen LogP contribution in [0.4, 0.5) is 0 Å². The average molecular weight is 257 g/mol. The summed E-state index contributed by atoms with van der Waals surface area (Å²) in [6.07, 6.45) is 7.66. The maximum Gasteiger partial charge on any atom is 0.119 e. The van der Waals surface area contributed by atoms with Crippen molar-refractivity contribution in [1.82, 2.24) is 4.90 Å². The highest BCUT2D eigenvalue weighted by molar-refractivity contribution is 5.47. The third kappa shape index (κ3) is 1.47. The molecule has 1 saturated heterocycles. The lowest BCUT2D eigenvalue weighted by Crippen LogP contribution is -2.59. The minimum absolute atomic E-state index is 0.377. The van der Waals surface area contributed by atoms with Gasteiger partial charge >= 0.3 is 0 Å². The second-order valence-corrected chi connectivity index (χ2v) is 6.79. The maximum absolute atomic E-state index is 10.2. The number of likely N-dealkylation sites (tertiary alicyclic amines) is 1. The molecule has 2 heteroatoms. The third-order valence-corrected chi connectivity index (χ3v) is 6.17. The van der Waals surface area contributed by atoms with Crippen LogP contribution >= 0.6 is 0 Å². The molecule has 2 fully saturated rings. The number of benzene rings is 1. The Kier molecular flexibility index (Phi) is 2.47. The van der Waals surface area contributed by atoms with Gasteiger partial charge in [0.2, 0.25) is 0 Å². The van der Waals surface area contributed by atoms with Crippen LogP contribution in [0.1, 0.15) is 43.2 Å².